The monoisotopic (exact) mass is 286 g/mol. The van der Waals surface area contributed by atoms with Gasteiger partial charge in [0.05, 0.1) is 9.80 Å². The van der Waals surface area contributed by atoms with Gasteiger partial charge < -0.3 is 10.4 Å². The molecular formula is C11H14N2O5S. The van der Waals surface area contributed by atoms with E-state index in [2.05, 4.69) is 5.32 Å². The molecule has 19 heavy (non-hydrogen) atoms. The van der Waals surface area contributed by atoms with E-state index < -0.39 is 22.8 Å². The zero-order chi connectivity index (χ0) is 14.6. The second-order valence-electron chi connectivity index (χ2n) is 4.07. The normalized spacial score (nSPS) is 13.6. The van der Waals surface area contributed by atoms with Gasteiger partial charge in [0.15, 0.2) is 0 Å². The Hall–Kier alpha value is -1.96. The fraction of sp³-hybridized carbons (Fsp3) is 0.455. The molecule has 0 spiro atoms. The number of hydrogen-bond acceptors (Lipinski definition) is 5. The lowest BCUT2D eigenvalue weighted by molar-refractivity contribution is -0.380. The zero-order valence-corrected chi connectivity index (χ0v) is 11.3. The summed E-state index contributed by atoms with van der Waals surface area (Å²) in [6, 6.07) is 1.53. The van der Waals surface area contributed by atoms with Gasteiger partial charge in [0.2, 0.25) is 0 Å². The highest BCUT2D eigenvalue weighted by Gasteiger charge is 2.26. The number of carbonyl (C=O) groups excluding carboxylic acids is 1. The number of carboxylic acid groups (broad SMARTS) is 1. The van der Waals surface area contributed by atoms with Gasteiger partial charge in [0, 0.05) is 6.07 Å². The third kappa shape index (κ3) is 3.75. The quantitative estimate of drug-likeness (QED) is 0.613. The first kappa shape index (κ1) is 15.1. The number of nitrogens with zero attached hydrogens (tertiary/aromatic N) is 1. The van der Waals surface area contributed by atoms with Crippen LogP contribution in [0.4, 0.5) is 5.00 Å². The summed E-state index contributed by atoms with van der Waals surface area (Å²) in [5, 5.41) is 21.8. The summed E-state index contributed by atoms with van der Waals surface area (Å²) in [7, 11) is 0. The van der Waals surface area contributed by atoms with E-state index in [1.54, 1.807) is 6.92 Å². The van der Waals surface area contributed by atoms with E-state index >= 15 is 0 Å². The largest absolute Gasteiger partial charge is 0.480 e. The third-order valence-corrected chi connectivity index (χ3v) is 3.80. The molecule has 0 aromatic carbocycles. The molecule has 7 nitrogen and oxygen atoms in total. The van der Waals surface area contributed by atoms with E-state index in [0.29, 0.717) is 6.42 Å². The lowest BCUT2D eigenvalue weighted by atomic mass is 9.99. The number of carbonyl (C=O) groups is 2. The van der Waals surface area contributed by atoms with E-state index in [1.807, 2.05) is 6.92 Å². The van der Waals surface area contributed by atoms with Crippen LogP contribution in [0.3, 0.4) is 0 Å². The van der Waals surface area contributed by atoms with E-state index in [1.165, 1.54) is 12.1 Å². The van der Waals surface area contributed by atoms with Crippen molar-refractivity contribution in [2.75, 3.05) is 0 Å². The third-order valence-electron chi connectivity index (χ3n) is 2.76. The van der Waals surface area contributed by atoms with E-state index in [0.717, 1.165) is 11.3 Å². The molecule has 1 heterocycles. The first-order valence-electron chi connectivity index (χ1n) is 5.64. The number of nitro groups is 1. The molecular weight excluding hydrogens is 272 g/mol. The van der Waals surface area contributed by atoms with Gasteiger partial charge in [-0.05, 0) is 12.0 Å². The maximum absolute atomic E-state index is 11.8. The fourth-order valence-corrected chi connectivity index (χ4v) is 2.17. The minimum atomic E-state index is -1.12. The highest BCUT2D eigenvalue weighted by Crippen LogP contribution is 2.24. The lowest BCUT2D eigenvalue weighted by Gasteiger charge is -2.19. The number of carboxylic acids is 1. The highest BCUT2D eigenvalue weighted by molar-refractivity contribution is 7.17. The molecule has 2 N–H and O–H groups in total. The van der Waals surface area contributed by atoms with Crippen molar-refractivity contribution in [2.24, 2.45) is 5.92 Å². The summed E-state index contributed by atoms with van der Waals surface area (Å²) >= 11 is 0.718. The maximum atomic E-state index is 11.8. The van der Waals surface area contributed by atoms with Crippen LogP contribution in [0.2, 0.25) is 0 Å². The first-order valence-corrected chi connectivity index (χ1v) is 6.46. The lowest BCUT2D eigenvalue weighted by Crippen LogP contribution is -2.44. The van der Waals surface area contributed by atoms with Crippen LogP contribution in [0, 0.1) is 16.0 Å². The highest BCUT2D eigenvalue weighted by atomic mass is 32.1. The second-order valence-corrected chi connectivity index (χ2v) is 5.13. The van der Waals surface area contributed by atoms with Crippen molar-refractivity contribution in [3.63, 3.8) is 0 Å². The summed E-state index contributed by atoms with van der Waals surface area (Å²) in [6.45, 7) is 3.54. The average Bonchev–Trinajstić information content (AvgIpc) is 2.84. The van der Waals surface area contributed by atoms with Crippen LogP contribution in [0.5, 0.6) is 0 Å². The van der Waals surface area contributed by atoms with E-state index in [4.69, 9.17) is 5.11 Å². The summed E-state index contributed by atoms with van der Waals surface area (Å²) in [5.41, 5.74) is 0. The molecule has 1 aromatic heterocycles. The molecule has 0 aliphatic heterocycles. The van der Waals surface area contributed by atoms with Gasteiger partial charge in [-0.25, -0.2) is 4.79 Å². The molecule has 2 atom stereocenters. The summed E-state index contributed by atoms with van der Waals surface area (Å²) < 4.78 is 0. The molecule has 0 aliphatic carbocycles. The Kier molecular flexibility index (Phi) is 4.99. The van der Waals surface area contributed by atoms with Gasteiger partial charge in [-0.1, -0.05) is 31.6 Å². The van der Waals surface area contributed by atoms with Crippen molar-refractivity contribution in [3.05, 3.63) is 27.1 Å². The molecule has 1 aromatic rings. The smallest absolute Gasteiger partial charge is 0.326 e. The minimum absolute atomic E-state index is 0.126. The molecule has 0 radical (unpaired) electrons. The standard InChI is InChI=1S/C11H14N2O5S/c1-3-6(2)9(11(15)16)12-10(14)7-4-5-8(19-7)13(17)18/h4-6,9H,3H2,1-2H3,(H,12,14)(H,15,16)/t6-,9-/m0/s1. The molecule has 1 amide bonds. The Morgan fingerprint density at radius 1 is 1.53 bits per heavy atom. The number of rotatable bonds is 6. The SMILES string of the molecule is CC[C@H](C)[C@H](NC(=O)c1ccc([N+](=O)[O-])s1)C(=O)O. The minimum Gasteiger partial charge on any atom is -0.480 e. The van der Waals surface area contributed by atoms with Crippen molar-refractivity contribution in [1.29, 1.82) is 0 Å². The first-order chi connectivity index (χ1) is 8.86. The summed E-state index contributed by atoms with van der Waals surface area (Å²) in [6.07, 6.45) is 0.599. The molecule has 0 fully saturated rings. The van der Waals surface area contributed by atoms with Crippen LogP contribution in [-0.2, 0) is 4.79 Å². The molecule has 0 aliphatic rings. The predicted molar refractivity (Wildman–Crippen MR) is 69.3 cm³/mol. The summed E-state index contributed by atoms with van der Waals surface area (Å²) in [4.78, 5) is 32.9. The van der Waals surface area contributed by atoms with Crippen LogP contribution in [0.15, 0.2) is 12.1 Å². The van der Waals surface area contributed by atoms with Crippen molar-refractivity contribution in [1.82, 2.24) is 5.32 Å². The number of thiophene rings is 1. The van der Waals surface area contributed by atoms with Gasteiger partial charge in [0.25, 0.3) is 5.91 Å². The Bertz CT molecular complexity index is 499. The Labute approximate surface area is 113 Å². The van der Waals surface area contributed by atoms with Crippen molar-refractivity contribution in [2.45, 2.75) is 26.3 Å². The predicted octanol–water partition coefficient (Wildman–Crippen LogP) is 1.89. The number of hydrogen-bond donors (Lipinski definition) is 2. The second kappa shape index (κ2) is 6.28. The van der Waals surface area contributed by atoms with Crippen molar-refractivity contribution in [3.8, 4) is 0 Å². The Morgan fingerprint density at radius 2 is 2.16 bits per heavy atom. The van der Waals surface area contributed by atoms with E-state index in [-0.39, 0.29) is 15.8 Å². The van der Waals surface area contributed by atoms with Gasteiger partial charge in [-0.3, -0.25) is 14.9 Å². The van der Waals surface area contributed by atoms with E-state index in [9.17, 15) is 19.7 Å². The molecule has 104 valence electrons. The van der Waals surface area contributed by atoms with Gasteiger partial charge in [0.1, 0.15) is 6.04 Å². The van der Waals surface area contributed by atoms with Gasteiger partial charge in [-0.15, -0.1) is 0 Å². The fourth-order valence-electron chi connectivity index (χ4n) is 1.44. The van der Waals surface area contributed by atoms with Gasteiger partial charge in [-0.2, -0.15) is 0 Å². The van der Waals surface area contributed by atoms with Crippen LogP contribution in [0.1, 0.15) is 29.9 Å². The molecule has 0 unspecified atom stereocenters. The number of amides is 1. The Balaban J connectivity index is 2.81. The zero-order valence-electron chi connectivity index (χ0n) is 10.5. The molecule has 1 rings (SSSR count). The van der Waals surface area contributed by atoms with Gasteiger partial charge >= 0.3 is 11.0 Å². The van der Waals surface area contributed by atoms with Crippen LogP contribution in [-0.4, -0.2) is 27.9 Å². The summed E-state index contributed by atoms with van der Waals surface area (Å²) in [5.74, 6) is -1.95. The number of aliphatic carboxylic acids is 1. The number of nitrogens with one attached hydrogen (secondary N) is 1. The maximum Gasteiger partial charge on any atom is 0.326 e. The van der Waals surface area contributed by atoms with Crippen LogP contribution >= 0.6 is 11.3 Å². The topological polar surface area (TPSA) is 110 Å². The van der Waals surface area contributed by atoms with Crippen LogP contribution < -0.4 is 5.32 Å². The molecule has 0 saturated carbocycles. The molecule has 0 bridgehead atoms. The molecule has 0 saturated heterocycles. The van der Waals surface area contributed by atoms with Crippen molar-refractivity contribution >= 4 is 28.2 Å². The molecule has 8 heteroatoms. The Morgan fingerprint density at radius 3 is 2.58 bits per heavy atom. The van der Waals surface area contributed by atoms with Crippen LogP contribution in [0.25, 0.3) is 0 Å². The average molecular weight is 286 g/mol. The van der Waals surface area contributed by atoms with Crippen molar-refractivity contribution < 1.29 is 19.6 Å².